The van der Waals surface area contributed by atoms with Crippen molar-refractivity contribution in [1.29, 1.82) is 0 Å². The smallest absolute Gasteiger partial charge is 0.330 e. The van der Waals surface area contributed by atoms with E-state index < -0.39 is 8.32 Å². The van der Waals surface area contributed by atoms with Crippen molar-refractivity contribution in [3.05, 3.63) is 23.1 Å². The fraction of sp³-hybridized carbons (Fsp3) is 0.667. The van der Waals surface area contributed by atoms with E-state index in [1.54, 1.807) is 17.8 Å². The molecule has 4 nitrogen and oxygen atoms in total. The third kappa shape index (κ3) is 6.57. The molecule has 0 aromatic rings. The number of hydrogen-bond acceptors (Lipinski definition) is 5. The standard InChI is InChI=1S/C18H30O4SSi/c1-18(2,3)24(5,6)22-14-12-15(19)16(13-14)23-11-9-7-8-10-17(20)21-4/h8,10,13-14H,7,9,11-12H2,1-6H3/t14-/m1/s1. The first-order chi connectivity index (χ1) is 11.1. The van der Waals surface area contributed by atoms with Gasteiger partial charge in [0.1, 0.15) is 0 Å². The molecule has 0 spiro atoms. The van der Waals surface area contributed by atoms with E-state index in [1.807, 2.05) is 6.08 Å². The average molecular weight is 371 g/mol. The maximum absolute atomic E-state index is 12.1. The molecular formula is C18H30O4SSi. The third-order valence-electron chi connectivity index (χ3n) is 4.48. The Morgan fingerprint density at radius 2 is 2.08 bits per heavy atom. The van der Waals surface area contributed by atoms with Crippen molar-refractivity contribution in [2.45, 2.75) is 64.3 Å². The summed E-state index contributed by atoms with van der Waals surface area (Å²) in [5.41, 5.74) is 0. The van der Waals surface area contributed by atoms with Crippen LogP contribution in [0.5, 0.6) is 0 Å². The van der Waals surface area contributed by atoms with Crippen LogP contribution in [0.2, 0.25) is 18.1 Å². The Balaban J connectivity index is 2.42. The fourth-order valence-corrected chi connectivity index (χ4v) is 4.28. The Hall–Kier alpha value is -0.853. The van der Waals surface area contributed by atoms with E-state index in [0.717, 1.165) is 23.5 Å². The van der Waals surface area contributed by atoms with Crippen molar-refractivity contribution in [3.8, 4) is 0 Å². The molecule has 1 aliphatic carbocycles. The Kier molecular flexibility index (Phi) is 7.96. The van der Waals surface area contributed by atoms with Crippen molar-refractivity contribution < 1.29 is 18.8 Å². The molecule has 1 aliphatic rings. The minimum Gasteiger partial charge on any atom is -0.466 e. The summed E-state index contributed by atoms with van der Waals surface area (Å²) in [5, 5.41) is 0.145. The number of ketones is 1. The maximum atomic E-state index is 12.1. The van der Waals surface area contributed by atoms with Crippen LogP contribution in [0.15, 0.2) is 23.1 Å². The van der Waals surface area contributed by atoms with Crippen molar-refractivity contribution in [3.63, 3.8) is 0 Å². The summed E-state index contributed by atoms with van der Waals surface area (Å²) in [6.45, 7) is 11.0. The molecule has 0 saturated heterocycles. The van der Waals surface area contributed by atoms with Crippen LogP contribution in [-0.2, 0) is 18.8 Å². The summed E-state index contributed by atoms with van der Waals surface area (Å²) in [7, 11) is -0.487. The molecule has 1 atom stereocenters. The molecule has 0 aromatic heterocycles. The topological polar surface area (TPSA) is 52.6 Å². The average Bonchev–Trinajstić information content (AvgIpc) is 2.80. The molecule has 136 valence electrons. The zero-order chi connectivity index (χ0) is 18.4. The Morgan fingerprint density at radius 1 is 1.42 bits per heavy atom. The highest BCUT2D eigenvalue weighted by molar-refractivity contribution is 8.04. The van der Waals surface area contributed by atoms with Crippen molar-refractivity contribution in [2.24, 2.45) is 0 Å². The lowest BCUT2D eigenvalue weighted by Crippen LogP contribution is -2.43. The first kappa shape index (κ1) is 21.2. The molecule has 24 heavy (non-hydrogen) atoms. The van der Waals surface area contributed by atoms with Crippen LogP contribution in [0.4, 0.5) is 0 Å². The van der Waals surface area contributed by atoms with Gasteiger partial charge in [-0.1, -0.05) is 26.8 Å². The van der Waals surface area contributed by atoms with Gasteiger partial charge in [-0.05, 0) is 42.8 Å². The van der Waals surface area contributed by atoms with Gasteiger partial charge in [-0.2, -0.15) is 0 Å². The number of carbonyl (C=O) groups excluding carboxylic acids is 2. The van der Waals surface area contributed by atoms with Gasteiger partial charge in [0, 0.05) is 17.4 Å². The zero-order valence-corrected chi connectivity index (χ0v) is 17.5. The molecule has 0 aliphatic heterocycles. The molecule has 0 radical (unpaired) electrons. The number of ether oxygens (including phenoxy) is 1. The minimum absolute atomic E-state index is 0.0693. The molecule has 0 aromatic carbocycles. The normalized spacial score (nSPS) is 19.0. The quantitative estimate of drug-likeness (QED) is 0.273. The molecule has 6 heteroatoms. The van der Waals surface area contributed by atoms with E-state index in [-0.39, 0.29) is 22.9 Å². The van der Waals surface area contributed by atoms with E-state index in [9.17, 15) is 9.59 Å². The highest BCUT2D eigenvalue weighted by Crippen LogP contribution is 2.39. The van der Waals surface area contributed by atoms with Crippen LogP contribution in [0.25, 0.3) is 0 Å². The SMILES string of the molecule is COC(=O)C=CCCCSC1=C[C@H](O[Si](C)(C)C(C)(C)C)CC1=O. The van der Waals surface area contributed by atoms with Crippen molar-refractivity contribution in [1.82, 2.24) is 0 Å². The molecule has 0 unspecified atom stereocenters. The Morgan fingerprint density at radius 3 is 2.67 bits per heavy atom. The molecular weight excluding hydrogens is 340 g/mol. The minimum atomic E-state index is -1.85. The van der Waals surface area contributed by atoms with Crippen LogP contribution in [0.3, 0.4) is 0 Å². The summed E-state index contributed by atoms with van der Waals surface area (Å²) in [6.07, 6.45) is 7.35. The third-order valence-corrected chi connectivity index (χ3v) is 10.2. The van der Waals surface area contributed by atoms with Gasteiger partial charge in [-0.25, -0.2) is 4.79 Å². The summed E-state index contributed by atoms with van der Waals surface area (Å²) < 4.78 is 10.8. The summed E-state index contributed by atoms with van der Waals surface area (Å²) >= 11 is 1.59. The molecule has 0 amide bonds. The van der Waals surface area contributed by atoms with Crippen LogP contribution in [0, 0.1) is 0 Å². The number of thioether (sulfide) groups is 1. The number of carbonyl (C=O) groups is 2. The number of rotatable bonds is 8. The van der Waals surface area contributed by atoms with Gasteiger partial charge in [-0.15, -0.1) is 11.8 Å². The number of esters is 1. The van der Waals surface area contributed by atoms with Crippen LogP contribution in [-0.4, -0.2) is 39.0 Å². The second kappa shape index (κ2) is 9.01. The first-order valence-electron chi connectivity index (χ1n) is 8.37. The Bertz CT molecular complexity index is 518. The van der Waals surface area contributed by atoms with E-state index >= 15 is 0 Å². The first-order valence-corrected chi connectivity index (χ1v) is 12.3. The van der Waals surface area contributed by atoms with Crippen LogP contribution in [0.1, 0.15) is 40.0 Å². The molecule has 0 N–H and O–H groups in total. The second-order valence-corrected chi connectivity index (χ2v) is 13.4. The lowest BCUT2D eigenvalue weighted by Gasteiger charge is -2.37. The molecule has 1 rings (SSSR count). The van der Waals surface area contributed by atoms with Crippen molar-refractivity contribution >= 4 is 31.8 Å². The second-order valence-electron chi connectivity index (χ2n) is 7.49. The molecule has 0 bridgehead atoms. The van der Waals surface area contributed by atoms with Crippen LogP contribution < -0.4 is 0 Å². The predicted octanol–water partition coefficient (Wildman–Crippen LogP) is 4.48. The summed E-state index contributed by atoms with van der Waals surface area (Å²) in [6, 6.07) is 0. The highest BCUT2D eigenvalue weighted by Gasteiger charge is 2.40. The molecule has 0 saturated carbocycles. The van der Waals surface area contributed by atoms with Gasteiger partial charge < -0.3 is 9.16 Å². The molecule has 0 heterocycles. The number of unbranched alkanes of at least 4 members (excludes halogenated alkanes) is 1. The Labute approximate surface area is 151 Å². The van der Waals surface area contributed by atoms with Gasteiger partial charge in [0.2, 0.25) is 0 Å². The number of allylic oxidation sites excluding steroid dienone is 2. The maximum Gasteiger partial charge on any atom is 0.330 e. The van der Waals surface area contributed by atoms with E-state index in [0.29, 0.717) is 6.42 Å². The van der Waals surface area contributed by atoms with E-state index in [4.69, 9.17) is 4.43 Å². The van der Waals surface area contributed by atoms with E-state index in [1.165, 1.54) is 13.2 Å². The number of hydrogen-bond donors (Lipinski definition) is 0. The van der Waals surface area contributed by atoms with E-state index in [2.05, 4.69) is 38.6 Å². The molecule has 0 fully saturated rings. The number of methoxy groups -OCH3 is 1. The number of Topliss-reactive ketones (excluding diaryl/α,β-unsaturated/α-hetero) is 1. The monoisotopic (exact) mass is 370 g/mol. The summed E-state index contributed by atoms with van der Waals surface area (Å²) in [5.74, 6) is 0.714. The predicted molar refractivity (Wildman–Crippen MR) is 103 cm³/mol. The fourth-order valence-electron chi connectivity index (χ4n) is 1.99. The lowest BCUT2D eigenvalue weighted by molar-refractivity contribution is -0.134. The zero-order valence-electron chi connectivity index (χ0n) is 15.7. The largest absolute Gasteiger partial charge is 0.466 e. The van der Waals surface area contributed by atoms with Gasteiger partial charge in [0.25, 0.3) is 0 Å². The lowest BCUT2D eigenvalue weighted by atomic mass is 10.2. The van der Waals surface area contributed by atoms with Gasteiger partial charge in [-0.3, -0.25) is 4.79 Å². The van der Waals surface area contributed by atoms with Gasteiger partial charge in [0.15, 0.2) is 14.1 Å². The highest BCUT2D eigenvalue weighted by atomic mass is 32.2. The van der Waals surface area contributed by atoms with Crippen LogP contribution >= 0.6 is 11.8 Å². The van der Waals surface area contributed by atoms with Gasteiger partial charge in [0.05, 0.1) is 13.2 Å². The summed E-state index contributed by atoms with van der Waals surface area (Å²) in [4.78, 5) is 23.9. The van der Waals surface area contributed by atoms with Gasteiger partial charge >= 0.3 is 5.97 Å². The van der Waals surface area contributed by atoms with Crippen molar-refractivity contribution in [2.75, 3.05) is 12.9 Å².